The monoisotopic (exact) mass is 348 g/mol. The molecule has 1 saturated carbocycles. The largest absolute Gasteiger partial charge is 0.492 e. The van der Waals surface area contributed by atoms with Crippen LogP contribution >= 0.6 is 0 Å². The summed E-state index contributed by atoms with van der Waals surface area (Å²) in [6.45, 7) is 8.82. The molecule has 1 aromatic heterocycles. The van der Waals surface area contributed by atoms with Gasteiger partial charge in [0.2, 0.25) is 5.91 Å². The maximum Gasteiger partial charge on any atom is 0.228 e. The first kappa shape index (κ1) is 19.7. The fourth-order valence-corrected chi connectivity index (χ4v) is 3.44. The van der Waals surface area contributed by atoms with Crippen molar-refractivity contribution in [2.24, 2.45) is 0 Å². The fourth-order valence-electron chi connectivity index (χ4n) is 3.44. The number of nitrogens with zero attached hydrogens (tertiary/aromatic N) is 2. The summed E-state index contributed by atoms with van der Waals surface area (Å²) >= 11 is 0. The molecule has 1 aliphatic heterocycles. The van der Waals surface area contributed by atoms with E-state index in [4.69, 9.17) is 4.74 Å². The summed E-state index contributed by atoms with van der Waals surface area (Å²) in [6, 6.07) is 2.09. The van der Waals surface area contributed by atoms with Gasteiger partial charge in [-0.1, -0.05) is 34.1 Å². The number of fused-ring (bicyclic) bond motifs is 1. The van der Waals surface area contributed by atoms with E-state index in [9.17, 15) is 9.90 Å². The first-order valence-electron chi connectivity index (χ1n) is 9.72. The summed E-state index contributed by atoms with van der Waals surface area (Å²) in [5, 5.41) is 10.2. The highest BCUT2D eigenvalue weighted by Gasteiger charge is 2.47. The van der Waals surface area contributed by atoms with Crippen LogP contribution < -0.4 is 9.64 Å². The van der Waals surface area contributed by atoms with Gasteiger partial charge < -0.3 is 9.84 Å². The molecule has 0 spiro atoms. The van der Waals surface area contributed by atoms with Gasteiger partial charge in [0, 0.05) is 12.5 Å². The van der Waals surface area contributed by atoms with E-state index in [2.05, 4.69) is 11.9 Å². The van der Waals surface area contributed by atoms with Crippen molar-refractivity contribution >= 4 is 11.7 Å². The zero-order chi connectivity index (χ0) is 18.4. The van der Waals surface area contributed by atoms with E-state index in [0.717, 1.165) is 36.4 Å². The SMILES string of the molecule is CC.CCCCOc1cnc2c(c1)CCC(=O)N2C1CC(O)(CC)C1. The molecule has 1 fully saturated rings. The predicted octanol–water partition coefficient (Wildman–Crippen LogP) is 3.87. The Kier molecular flexibility index (Phi) is 6.82. The number of carbonyl (C=O) groups excluding carboxylic acids is 1. The molecule has 1 N–H and O–H groups in total. The summed E-state index contributed by atoms with van der Waals surface area (Å²) in [6.07, 6.45) is 7.08. The van der Waals surface area contributed by atoms with Crippen molar-refractivity contribution in [1.82, 2.24) is 4.98 Å². The second-order valence-corrected chi connectivity index (χ2v) is 6.76. The van der Waals surface area contributed by atoms with Crippen LogP contribution in [0.15, 0.2) is 12.3 Å². The maximum absolute atomic E-state index is 12.4. The molecule has 3 rings (SSSR count). The number of amides is 1. The van der Waals surface area contributed by atoms with E-state index in [1.54, 1.807) is 11.1 Å². The Labute approximate surface area is 151 Å². The number of rotatable bonds is 6. The van der Waals surface area contributed by atoms with Crippen LogP contribution in [0.5, 0.6) is 5.75 Å². The van der Waals surface area contributed by atoms with Gasteiger partial charge >= 0.3 is 0 Å². The van der Waals surface area contributed by atoms with Crippen LogP contribution in [-0.4, -0.2) is 34.2 Å². The Bertz CT molecular complexity index is 582. The lowest BCUT2D eigenvalue weighted by Crippen LogP contribution is -2.58. The molecule has 2 aliphatic rings. The summed E-state index contributed by atoms with van der Waals surface area (Å²) in [7, 11) is 0. The quantitative estimate of drug-likeness (QED) is 0.793. The summed E-state index contributed by atoms with van der Waals surface area (Å²) in [4.78, 5) is 18.7. The Hall–Kier alpha value is -1.62. The number of aliphatic hydroxyl groups is 1. The van der Waals surface area contributed by atoms with Crippen LogP contribution in [-0.2, 0) is 11.2 Å². The summed E-state index contributed by atoms with van der Waals surface area (Å²) < 4.78 is 5.72. The zero-order valence-corrected chi connectivity index (χ0v) is 16.0. The van der Waals surface area contributed by atoms with E-state index in [1.807, 2.05) is 26.8 Å². The Morgan fingerprint density at radius 1 is 1.32 bits per heavy atom. The highest BCUT2D eigenvalue weighted by atomic mass is 16.5. The highest BCUT2D eigenvalue weighted by Crippen LogP contribution is 2.42. The molecule has 140 valence electrons. The molecule has 0 saturated heterocycles. The average molecular weight is 348 g/mol. The smallest absolute Gasteiger partial charge is 0.228 e. The van der Waals surface area contributed by atoms with E-state index in [-0.39, 0.29) is 11.9 Å². The van der Waals surface area contributed by atoms with E-state index in [0.29, 0.717) is 32.3 Å². The van der Waals surface area contributed by atoms with Gasteiger partial charge in [0.05, 0.1) is 18.4 Å². The lowest BCUT2D eigenvalue weighted by Gasteiger charge is -2.49. The number of pyridine rings is 1. The fraction of sp³-hybridized carbons (Fsp3) is 0.700. The molecule has 25 heavy (non-hydrogen) atoms. The Morgan fingerprint density at radius 2 is 2.04 bits per heavy atom. The minimum absolute atomic E-state index is 0.0749. The van der Waals surface area contributed by atoms with Crippen molar-refractivity contribution in [1.29, 1.82) is 0 Å². The zero-order valence-electron chi connectivity index (χ0n) is 16.0. The molecule has 5 nitrogen and oxygen atoms in total. The third kappa shape index (κ3) is 4.32. The van der Waals surface area contributed by atoms with Crippen molar-refractivity contribution in [3.05, 3.63) is 17.8 Å². The van der Waals surface area contributed by atoms with E-state index < -0.39 is 5.60 Å². The molecular weight excluding hydrogens is 316 g/mol. The number of hydrogen-bond acceptors (Lipinski definition) is 4. The normalized spacial score (nSPS) is 24.8. The Morgan fingerprint density at radius 3 is 2.68 bits per heavy atom. The standard InChI is InChI=1S/C18H26N2O3.C2H6/c1-3-5-8-23-15-9-13-6-7-16(21)20(17(13)19-12-15)14-10-18(22,4-2)11-14;1-2/h9,12,14,22H,3-8,10-11H2,1-2H3;1-2H3. The number of aromatic nitrogens is 1. The third-order valence-corrected chi connectivity index (χ3v) is 5.04. The molecule has 1 aliphatic carbocycles. The van der Waals surface area contributed by atoms with Gasteiger partial charge in [0.25, 0.3) is 0 Å². The lowest BCUT2D eigenvalue weighted by molar-refractivity contribution is -0.122. The maximum atomic E-state index is 12.4. The third-order valence-electron chi connectivity index (χ3n) is 5.04. The van der Waals surface area contributed by atoms with Crippen molar-refractivity contribution in [3.8, 4) is 5.75 Å². The molecule has 0 unspecified atom stereocenters. The number of unbranched alkanes of at least 4 members (excludes halogenated alkanes) is 1. The summed E-state index contributed by atoms with van der Waals surface area (Å²) in [5.41, 5.74) is 0.469. The number of ether oxygens (including phenoxy) is 1. The molecule has 0 aromatic carbocycles. The first-order valence-corrected chi connectivity index (χ1v) is 9.72. The lowest BCUT2D eigenvalue weighted by atomic mass is 9.73. The molecule has 5 heteroatoms. The van der Waals surface area contributed by atoms with E-state index in [1.165, 1.54) is 0 Å². The molecule has 1 amide bonds. The molecule has 0 radical (unpaired) electrons. The van der Waals surface area contributed by atoms with Gasteiger partial charge in [-0.3, -0.25) is 9.69 Å². The van der Waals surface area contributed by atoms with Crippen LogP contribution in [0, 0.1) is 0 Å². The molecule has 0 atom stereocenters. The van der Waals surface area contributed by atoms with Gasteiger partial charge in [0.15, 0.2) is 0 Å². The van der Waals surface area contributed by atoms with Crippen molar-refractivity contribution < 1.29 is 14.6 Å². The predicted molar refractivity (Wildman–Crippen MR) is 100 cm³/mol. The minimum atomic E-state index is -0.605. The first-order chi connectivity index (χ1) is 12.1. The van der Waals surface area contributed by atoms with Crippen LogP contribution in [0.1, 0.15) is 71.8 Å². The van der Waals surface area contributed by atoms with Gasteiger partial charge in [0.1, 0.15) is 11.6 Å². The van der Waals surface area contributed by atoms with Gasteiger partial charge in [-0.15, -0.1) is 0 Å². The molecular formula is C20H32N2O3. The second-order valence-electron chi connectivity index (χ2n) is 6.76. The minimum Gasteiger partial charge on any atom is -0.492 e. The number of hydrogen-bond donors (Lipinski definition) is 1. The molecule has 0 bridgehead atoms. The van der Waals surface area contributed by atoms with Crippen LogP contribution in [0.25, 0.3) is 0 Å². The van der Waals surface area contributed by atoms with Crippen molar-refractivity contribution in [3.63, 3.8) is 0 Å². The molecule has 2 heterocycles. The van der Waals surface area contributed by atoms with Crippen LogP contribution in [0.4, 0.5) is 5.82 Å². The van der Waals surface area contributed by atoms with Gasteiger partial charge in [-0.2, -0.15) is 0 Å². The van der Waals surface area contributed by atoms with E-state index >= 15 is 0 Å². The molecule has 1 aromatic rings. The number of aryl methyl sites for hydroxylation is 1. The number of carbonyl (C=O) groups is 1. The van der Waals surface area contributed by atoms with Crippen molar-refractivity contribution in [2.75, 3.05) is 11.5 Å². The van der Waals surface area contributed by atoms with Gasteiger partial charge in [-0.25, -0.2) is 4.98 Å². The van der Waals surface area contributed by atoms with Crippen LogP contribution in [0.2, 0.25) is 0 Å². The van der Waals surface area contributed by atoms with Crippen molar-refractivity contribution in [2.45, 2.75) is 84.3 Å². The second kappa shape index (κ2) is 8.65. The number of anilines is 1. The summed E-state index contributed by atoms with van der Waals surface area (Å²) in [5.74, 6) is 1.66. The highest BCUT2D eigenvalue weighted by molar-refractivity contribution is 5.96. The van der Waals surface area contributed by atoms with Crippen LogP contribution in [0.3, 0.4) is 0 Å². The Balaban J connectivity index is 0.00000109. The average Bonchev–Trinajstić information content (AvgIpc) is 2.61. The van der Waals surface area contributed by atoms with Gasteiger partial charge in [-0.05, 0) is 43.7 Å². The topological polar surface area (TPSA) is 62.7 Å².